The van der Waals surface area contributed by atoms with E-state index in [1.54, 1.807) is 0 Å². The zero-order valence-corrected chi connectivity index (χ0v) is 12.0. The lowest BCUT2D eigenvalue weighted by Crippen LogP contribution is -2.40. The Morgan fingerprint density at radius 1 is 0.941 bits per heavy atom. The monoisotopic (exact) mass is 240 g/mol. The van der Waals surface area contributed by atoms with Crippen LogP contribution in [0.3, 0.4) is 0 Å². The van der Waals surface area contributed by atoms with Crippen LogP contribution in [0.15, 0.2) is 0 Å². The average Bonchev–Trinajstić information content (AvgIpc) is 2.41. The van der Waals surface area contributed by atoms with Gasteiger partial charge in [0.05, 0.1) is 0 Å². The van der Waals surface area contributed by atoms with Crippen molar-refractivity contribution in [3.63, 3.8) is 0 Å². The van der Waals surface area contributed by atoms with Crippen LogP contribution in [-0.4, -0.2) is 30.6 Å². The summed E-state index contributed by atoms with van der Waals surface area (Å²) in [4.78, 5) is 2.75. The third kappa shape index (κ3) is 6.42. The molecule has 0 spiro atoms. The van der Waals surface area contributed by atoms with Gasteiger partial charge in [-0.25, -0.2) is 0 Å². The van der Waals surface area contributed by atoms with Crippen LogP contribution >= 0.6 is 0 Å². The highest BCUT2D eigenvalue weighted by molar-refractivity contribution is 4.77. The molecule has 17 heavy (non-hydrogen) atoms. The minimum atomic E-state index is 0.662. The Morgan fingerprint density at radius 3 is 1.88 bits per heavy atom. The number of nitrogens with two attached hydrogens (primary N) is 1. The Labute approximate surface area is 108 Å². The first-order valence-corrected chi connectivity index (χ1v) is 7.68. The van der Waals surface area contributed by atoms with E-state index in [2.05, 4.69) is 18.7 Å². The number of hydrogen-bond acceptors (Lipinski definition) is 2. The molecule has 1 saturated carbocycles. The zero-order valence-electron chi connectivity index (χ0n) is 12.0. The van der Waals surface area contributed by atoms with Crippen LogP contribution in [0.1, 0.15) is 65.2 Å². The molecule has 0 unspecified atom stereocenters. The van der Waals surface area contributed by atoms with Gasteiger partial charge in [0.2, 0.25) is 0 Å². The summed E-state index contributed by atoms with van der Waals surface area (Å²) in [6.45, 7) is 7.79. The first-order chi connectivity index (χ1) is 8.24. The van der Waals surface area contributed by atoms with Gasteiger partial charge in [-0.15, -0.1) is 0 Å². The summed E-state index contributed by atoms with van der Waals surface area (Å²) in [6.07, 6.45) is 11.8. The Morgan fingerprint density at radius 2 is 1.41 bits per heavy atom. The topological polar surface area (TPSA) is 29.3 Å². The molecule has 1 aliphatic carbocycles. The normalized spacial score (nSPS) is 23.3. The molecular formula is C15H32N2. The number of likely N-dealkylation sites (tertiary alicyclic amines) is 1. The second kappa shape index (κ2) is 8.93. The highest BCUT2D eigenvalue weighted by Crippen LogP contribution is 2.24. The quantitative estimate of drug-likeness (QED) is 0.801. The molecule has 0 aromatic heterocycles. The van der Waals surface area contributed by atoms with E-state index in [4.69, 9.17) is 5.73 Å². The lowest BCUT2D eigenvalue weighted by atomic mass is 9.93. The predicted molar refractivity (Wildman–Crippen MR) is 76.2 cm³/mol. The van der Waals surface area contributed by atoms with Crippen molar-refractivity contribution in [1.29, 1.82) is 0 Å². The Balaban J connectivity index is 0.000000249. The molecule has 1 aliphatic heterocycles. The number of nitrogens with zero attached hydrogens (tertiary/aromatic N) is 1. The van der Waals surface area contributed by atoms with Crippen molar-refractivity contribution in [3.05, 3.63) is 0 Å². The van der Waals surface area contributed by atoms with Gasteiger partial charge in [-0.2, -0.15) is 0 Å². The average molecular weight is 240 g/mol. The van der Waals surface area contributed by atoms with Gasteiger partial charge in [0.25, 0.3) is 0 Å². The van der Waals surface area contributed by atoms with Gasteiger partial charge < -0.3 is 10.6 Å². The third-order valence-corrected chi connectivity index (χ3v) is 3.95. The molecule has 2 heteroatoms. The van der Waals surface area contributed by atoms with E-state index < -0.39 is 0 Å². The van der Waals surface area contributed by atoms with Crippen molar-refractivity contribution in [2.75, 3.05) is 19.6 Å². The van der Waals surface area contributed by atoms with Crippen LogP contribution in [0.2, 0.25) is 0 Å². The van der Waals surface area contributed by atoms with Crippen molar-refractivity contribution in [2.24, 2.45) is 11.7 Å². The van der Waals surface area contributed by atoms with Crippen LogP contribution in [0.4, 0.5) is 0 Å². The van der Waals surface area contributed by atoms with Gasteiger partial charge in [-0.3, -0.25) is 0 Å². The van der Waals surface area contributed by atoms with Gasteiger partial charge in [-0.1, -0.05) is 39.5 Å². The van der Waals surface area contributed by atoms with Gasteiger partial charge in [0.15, 0.2) is 0 Å². The Bertz CT molecular complexity index is 152. The Kier molecular flexibility index (Phi) is 7.87. The summed E-state index contributed by atoms with van der Waals surface area (Å²) < 4.78 is 0. The van der Waals surface area contributed by atoms with Crippen LogP contribution in [0.25, 0.3) is 0 Å². The minimum absolute atomic E-state index is 0.662. The van der Waals surface area contributed by atoms with E-state index in [1.807, 2.05) is 0 Å². The molecular weight excluding hydrogens is 208 g/mol. The zero-order chi connectivity index (χ0) is 12.5. The standard InChI is InChI=1S/C11H21N.C4H11N/c1-3-7-11(8-4-1)12-9-5-2-6-10-12;1-4(2)3-5/h11H,1-10H2;4H,3,5H2,1-2H3. The number of hydrogen-bond donors (Lipinski definition) is 1. The molecule has 1 heterocycles. The molecule has 0 amide bonds. The molecule has 0 atom stereocenters. The summed E-state index contributed by atoms with van der Waals surface area (Å²) in [5, 5.41) is 0. The summed E-state index contributed by atoms with van der Waals surface area (Å²) in [6, 6.07) is 0.971. The lowest BCUT2D eigenvalue weighted by Gasteiger charge is -2.36. The van der Waals surface area contributed by atoms with Crippen molar-refractivity contribution in [1.82, 2.24) is 4.90 Å². The van der Waals surface area contributed by atoms with E-state index in [0.717, 1.165) is 12.6 Å². The second-order valence-corrected chi connectivity index (χ2v) is 6.02. The first-order valence-electron chi connectivity index (χ1n) is 7.68. The van der Waals surface area contributed by atoms with Crippen molar-refractivity contribution in [2.45, 2.75) is 71.3 Å². The highest BCUT2D eigenvalue weighted by atomic mass is 15.2. The molecule has 2 nitrogen and oxygen atoms in total. The molecule has 1 saturated heterocycles. The third-order valence-electron chi connectivity index (χ3n) is 3.95. The molecule has 2 N–H and O–H groups in total. The molecule has 0 radical (unpaired) electrons. The van der Waals surface area contributed by atoms with Crippen molar-refractivity contribution >= 4 is 0 Å². The van der Waals surface area contributed by atoms with Crippen LogP contribution in [0.5, 0.6) is 0 Å². The fourth-order valence-electron chi connectivity index (χ4n) is 2.73. The number of rotatable bonds is 2. The fraction of sp³-hybridized carbons (Fsp3) is 1.00. The lowest BCUT2D eigenvalue weighted by molar-refractivity contribution is 0.131. The molecule has 2 fully saturated rings. The van der Waals surface area contributed by atoms with E-state index in [0.29, 0.717) is 5.92 Å². The fourth-order valence-corrected chi connectivity index (χ4v) is 2.73. The molecule has 0 aromatic carbocycles. The Hall–Kier alpha value is -0.0800. The minimum Gasteiger partial charge on any atom is -0.330 e. The summed E-state index contributed by atoms with van der Waals surface area (Å²) in [5.41, 5.74) is 5.17. The molecule has 0 aromatic rings. The highest BCUT2D eigenvalue weighted by Gasteiger charge is 2.21. The maximum absolute atomic E-state index is 5.17. The molecule has 0 bridgehead atoms. The second-order valence-electron chi connectivity index (χ2n) is 6.02. The SMILES string of the molecule is C1CCC(N2CCCCC2)CC1.CC(C)CN. The van der Waals surface area contributed by atoms with E-state index in [1.165, 1.54) is 64.5 Å². The van der Waals surface area contributed by atoms with Gasteiger partial charge in [-0.05, 0) is 51.2 Å². The van der Waals surface area contributed by atoms with Crippen molar-refractivity contribution in [3.8, 4) is 0 Å². The van der Waals surface area contributed by atoms with E-state index >= 15 is 0 Å². The van der Waals surface area contributed by atoms with Crippen LogP contribution in [0, 0.1) is 5.92 Å². The summed E-state index contributed by atoms with van der Waals surface area (Å²) in [5.74, 6) is 0.662. The summed E-state index contributed by atoms with van der Waals surface area (Å²) >= 11 is 0. The molecule has 2 rings (SSSR count). The smallest absolute Gasteiger partial charge is 0.00952 e. The maximum atomic E-state index is 5.17. The van der Waals surface area contributed by atoms with Crippen LogP contribution < -0.4 is 5.73 Å². The predicted octanol–water partition coefficient (Wildman–Crippen LogP) is 3.41. The maximum Gasteiger partial charge on any atom is 0.00952 e. The van der Waals surface area contributed by atoms with E-state index in [-0.39, 0.29) is 0 Å². The van der Waals surface area contributed by atoms with E-state index in [9.17, 15) is 0 Å². The first kappa shape index (κ1) is 15.0. The van der Waals surface area contributed by atoms with Crippen LogP contribution in [-0.2, 0) is 0 Å². The molecule has 102 valence electrons. The number of piperidine rings is 1. The largest absolute Gasteiger partial charge is 0.330 e. The van der Waals surface area contributed by atoms with Gasteiger partial charge in [0, 0.05) is 6.04 Å². The van der Waals surface area contributed by atoms with Gasteiger partial charge in [0.1, 0.15) is 0 Å². The molecule has 2 aliphatic rings. The summed E-state index contributed by atoms with van der Waals surface area (Å²) in [7, 11) is 0. The van der Waals surface area contributed by atoms with Crippen molar-refractivity contribution < 1.29 is 0 Å². The van der Waals surface area contributed by atoms with Gasteiger partial charge >= 0.3 is 0 Å².